The van der Waals surface area contributed by atoms with Gasteiger partial charge in [0.05, 0.1) is 10.9 Å². The van der Waals surface area contributed by atoms with Gasteiger partial charge in [-0.25, -0.2) is 4.79 Å². The number of halogens is 1. The number of hydrogen-bond acceptors (Lipinski definition) is 3. The van der Waals surface area contributed by atoms with E-state index in [1.165, 1.54) is 4.90 Å². The van der Waals surface area contributed by atoms with Crippen molar-refractivity contribution < 1.29 is 19.4 Å². The Hall–Kier alpha value is -1.75. The number of hydrogen-bond donors (Lipinski definition) is 1. The molecule has 0 spiro atoms. The summed E-state index contributed by atoms with van der Waals surface area (Å²) in [6.07, 6.45) is 0.416. The Morgan fingerprint density at radius 3 is 2.60 bits per heavy atom. The number of aliphatic carboxylic acids is 1. The predicted octanol–water partition coefficient (Wildman–Crippen LogP) is 2.94. The average Bonchev–Trinajstić information content (AvgIpc) is 2.43. The molecule has 2 rings (SSSR count). The molecule has 0 saturated carbocycles. The van der Waals surface area contributed by atoms with E-state index < -0.39 is 12.1 Å². The molecule has 20 heavy (non-hydrogen) atoms. The maximum Gasteiger partial charge on any atom is 0.415 e. The zero-order valence-corrected chi connectivity index (χ0v) is 11.9. The lowest BCUT2D eigenvalue weighted by atomic mass is 9.97. The first kappa shape index (κ1) is 14.7. The molecule has 1 N–H and O–H groups in total. The van der Waals surface area contributed by atoms with Crippen LogP contribution in [0, 0.1) is 12.8 Å². The molecule has 0 atom stereocenters. The SMILES string of the molecule is Cc1ccc(Cl)c(OC(=O)N2CCC(C(=O)O)CC2)c1. The predicted molar refractivity (Wildman–Crippen MR) is 74.1 cm³/mol. The largest absolute Gasteiger partial charge is 0.481 e. The fourth-order valence-electron chi connectivity index (χ4n) is 2.16. The number of amides is 1. The number of ether oxygens (including phenoxy) is 1. The second-order valence-corrected chi connectivity index (χ2v) is 5.31. The minimum atomic E-state index is -0.806. The van der Waals surface area contributed by atoms with Crippen LogP contribution in [0.2, 0.25) is 5.02 Å². The molecule has 0 unspecified atom stereocenters. The Balaban J connectivity index is 1.96. The summed E-state index contributed by atoms with van der Waals surface area (Å²) < 4.78 is 5.27. The monoisotopic (exact) mass is 297 g/mol. The zero-order valence-electron chi connectivity index (χ0n) is 11.1. The molecule has 1 aromatic rings. The van der Waals surface area contributed by atoms with Crippen LogP contribution in [0.5, 0.6) is 5.75 Å². The number of nitrogens with zero attached hydrogens (tertiary/aromatic N) is 1. The van der Waals surface area contributed by atoms with Gasteiger partial charge in [-0.1, -0.05) is 17.7 Å². The van der Waals surface area contributed by atoms with E-state index in [9.17, 15) is 9.59 Å². The lowest BCUT2D eigenvalue weighted by Gasteiger charge is -2.29. The quantitative estimate of drug-likeness (QED) is 0.911. The van der Waals surface area contributed by atoms with Crippen molar-refractivity contribution in [3.63, 3.8) is 0 Å². The van der Waals surface area contributed by atoms with Gasteiger partial charge in [0.15, 0.2) is 5.75 Å². The molecule has 6 heteroatoms. The highest BCUT2D eigenvalue weighted by atomic mass is 35.5. The van der Waals surface area contributed by atoms with Gasteiger partial charge in [-0.15, -0.1) is 0 Å². The Kier molecular flexibility index (Phi) is 4.49. The standard InChI is InChI=1S/C14H16ClNO4/c1-9-2-3-11(15)12(8-9)20-14(19)16-6-4-10(5-7-16)13(17)18/h2-3,8,10H,4-7H2,1H3,(H,17,18). The van der Waals surface area contributed by atoms with Crippen molar-refractivity contribution in [3.8, 4) is 5.75 Å². The minimum Gasteiger partial charge on any atom is -0.481 e. The normalized spacial score (nSPS) is 16.0. The van der Waals surface area contributed by atoms with Crippen LogP contribution in [0.3, 0.4) is 0 Å². The van der Waals surface area contributed by atoms with Crippen LogP contribution < -0.4 is 4.74 Å². The van der Waals surface area contributed by atoms with Crippen molar-refractivity contribution in [2.45, 2.75) is 19.8 Å². The van der Waals surface area contributed by atoms with Gasteiger partial charge in [0, 0.05) is 13.1 Å². The second kappa shape index (κ2) is 6.13. The summed E-state index contributed by atoms with van der Waals surface area (Å²) in [6.45, 7) is 2.66. The first-order valence-electron chi connectivity index (χ1n) is 6.43. The van der Waals surface area contributed by atoms with Crippen LogP contribution in [0.25, 0.3) is 0 Å². The highest BCUT2D eigenvalue weighted by Gasteiger charge is 2.28. The van der Waals surface area contributed by atoms with Crippen molar-refractivity contribution in [1.29, 1.82) is 0 Å². The average molecular weight is 298 g/mol. The van der Waals surface area contributed by atoms with E-state index >= 15 is 0 Å². The number of carbonyl (C=O) groups is 2. The molecule has 0 bridgehead atoms. The molecule has 108 valence electrons. The van der Waals surface area contributed by atoms with E-state index in [1.54, 1.807) is 12.1 Å². The molecule has 5 nitrogen and oxygen atoms in total. The van der Waals surface area contributed by atoms with E-state index in [0.717, 1.165) is 5.56 Å². The van der Waals surface area contributed by atoms with Gasteiger partial charge >= 0.3 is 12.1 Å². The Labute approximate surface area is 122 Å². The molecule has 1 aliphatic rings. The fraction of sp³-hybridized carbons (Fsp3) is 0.429. The molecule has 1 aliphatic heterocycles. The third-order valence-electron chi connectivity index (χ3n) is 3.39. The number of rotatable bonds is 2. The first-order valence-corrected chi connectivity index (χ1v) is 6.81. The van der Waals surface area contributed by atoms with Crippen LogP contribution in [-0.2, 0) is 4.79 Å². The molecule has 1 amide bonds. The molecule has 1 fully saturated rings. The van der Waals surface area contributed by atoms with Crippen LogP contribution in [0.1, 0.15) is 18.4 Å². The van der Waals surface area contributed by atoms with E-state index in [4.69, 9.17) is 21.4 Å². The summed E-state index contributed by atoms with van der Waals surface area (Å²) in [4.78, 5) is 24.4. The number of carbonyl (C=O) groups excluding carboxylic acids is 1. The number of benzene rings is 1. The maximum absolute atomic E-state index is 12.0. The number of aryl methyl sites for hydroxylation is 1. The van der Waals surface area contributed by atoms with Crippen LogP contribution in [0.15, 0.2) is 18.2 Å². The van der Waals surface area contributed by atoms with Crippen molar-refractivity contribution >= 4 is 23.7 Å². The van der Waals surface area contributed by atoms with Crippen molar-refractivity contribution in [1.82, 2.24) is 4.90 Å². The first-order chi connectivity index (χ1) is 9.47. The molecular weight excluding hydrogens is 282 g/mol. The van der Waals surface area contributed by atoms with Crippen LogP contribution in [0.4, 0.5) is 4.79 Å². The van der Waals surface area contributed by atoms with Crippen LogP contribution in [-0.4, -0.2) is 35.2 Å². The van der Waals surface area contributed by atoms with E-state index in [-0.39, 0.29) is 5.92 Å². The lowest BCUT2D eigenvalue weighted by molar-refractivity contribution is -0.143. The molecule has 1 saturated heterocycles. The maximum atomic E-state index is 12.0. The molecule has 0 aliphatic carbocycles. The third kappa shape index (κ3) is 3.42. The Bertz CT molecular complexity index is 524. The summed E-state index contributed by atoms with van der Waals surface area (Å²) in [5.74, 6) is -0.849. The van der Waals surface area contributed by atoms with E-state index in [0.29, 0.717) is 36.7 Å². The summed E-state index contributed by atoms with van der Waals surface area (Å²) in [5.41, 5.74) is 0.946. The van der Waals surface area contributed by atoms with Gasteiger partial charge in [-0.3, -0.25) is 4.79 Å². The highest BCUT2D eigenvalue weighted by Crippen LogP contribution is 2.26. The van der Waals surface area contributed by atoms with Gasteiger partial charge in [0.2, 0.25) is 0 Å². The van der Waals surface area contributed by atoms with E-state index in [2.05, 4.69) is 0 Å². The zero-order chi connectivity index (χ0) is 14.7. The van der Waals surface area contributed by atoms with Crippen molar-refractivity contribution in [2.75, 3.05) is 13.1 Å². The van der Waals surface area contributed by atoms with Gasteiger partial charge in [-0.2, -0.15) is 0 Å². The third-order valence-corrected chi connectivity index (χ3v) is 3.70. The second-order valence-electron chi connectivity index (χ2n) is 4.90. The molecular formula is C14H16ClNO4. The Morgan fingerprint density at radius 2 is 2.00 bits per heavy atom. The number of carboxylic acids is 1. The summed E-state index contributed by atoms with van der Waals surface area (Å²) >= 11 is 5.97. The molecule has 0 radical (unpaired) electrons. The molecule has 1 heterocycles. The molecule has 0 aromatic heterocycles. The van der Waals surface area contributed by atoms with Crippen molar-refractivity contribution in [3.05, 3.63) is 28.8 Å². The topological polar surface area (TPSA) is 66.8 Å². The molecule has 1 aromatic carbocycles. The lowest BCUT2D eigenvalue weighted by Crippen LogP contribution is -2.41. The smallest absolute Gasteiger partial charge is 0.415 e. The van der Waals surface area contributed by atoms with Gasteiger partial charge in [-0.05, 0) is 37.5 Å². The van der Waals surface area contributed by atoms with Crippen LogP contribution >= 0.6 is 11.6 Å². The van der Waals surface area contributed by atoms with E-state index in [1.807, 2.05) is 13.0 Å². The number of carboxylic acid groups (broad SMARTS) is 1. The van der Waals surface area contributed by atoms with Gasteiger partial charge in [0.1, 0.15) is 0 Å². The van der Waals surface area contributed by atoms with Gasteiger partial charge in [0.25, 0.3) is 0 Å². The fourth-order valence-corrected chi connectivity index (χ4v) is 2.31. The summed E-state index contributed by atoms with van der Waals surface area (Å²) in [6, 6.07) is 5.21. The Morgan fingerprint density at radius 1 is 1.35 bits per heavy atom. The minimum absolute atomic E-state index is 0.331. The number of piperidine rings is 1. The summed E-state index contributed by atoms with van der Waals surface area (Å²) in [7, 11) is 0. The highest BCUT2D eigenvalue weighted by molar-refractivity contribution is 6.32. The summed E-state index contributed by atoms with van der Waals surface area (Å²) in [5, 5.41) is 9.29. The van der Waals surface area contributed by atoms with Crippen molar-refractivity contribution in [2.24, 2.45) is 5.92 Å². The number of likely N-dealkylation sites (tertiary alicyclic amines) is 1. The van der Waals surface area contributed by atoms with Gasteiger partial charge < -0.3 is 14.7 Å².